The Morgan fingerprint density at radius 3 is 2.85 bits per heavy atom. The molecule has 1 aromatic carbocycles. The summed E-state index contributed by atoms with van der Waals surface area (Å²) >= 11 is 0. The summed E-state index contributed by atoms with van der Waals surface area (Å²) < 4.78 is 0. The molecule has 20 heavy (non-hydrogen) atoms. The maximum absolute atomic E-state index is 11.7. The number of carbonyl (C=O) groups is 1. The molecule has 2 N–H and O–H groups in total. The fourth-order valence-corrected chi connectivity index (χ4v) is 1.89. The van der Waals surface area contributed by atoms with Crippen LogP contribution in [0.1, 0.15) is 11.3 Å². The van der Waals surface area contributed by atoms with E-state index >= 15 is 0 Å². The number of carbonyl (C=O) groups excluding carboxylic acids is 1. The number of hydrogen-bond acceptors (Lipinski definition) is 3. The van der Waals surface area contributed by atoms with Crippen molar-refractivity contribution in [1.29, 1.82) is 0 Å². The largest absolute Gasteiger partial charge is 0.325 e. The first-order chi connectivity index (χ1) is 9.74. The molecule has 0 radical (unpaired) electrons. The molecule has 4 nitrogen and oxygen atoms in total. The molecule has 0 fully saturated rings. The van der Waals surface area contributed by atoms with Crippen molar-refractivity contribution in [3.63, 3.8) is 0 Å². The number of nitrogens with one attached hydrogen (secondary N) is 2. The lowest BCUT2D eigenvalue weighted by Gasteiger charge is -2.07. The molecule has 4 heteroatoms. The van der Waals surface area contributed by atoms with Crippen molar-refractivity contribution in [2.75, 3.05) is 18.4 Å². The molecule has 0 atom stereocenters. The Balaban J connectivity index is 1.68. The van der Waals surface area contributed by atoms with Crippen LogP contribution >= 0.6 is 0 Å². The first-order valence-electron chi connectivity index (χ1n) is 6.71. The van der Waals surface area contributed by atoms with Crippen LogP contribution in [0.4, 0.5) is 5.69 Å². The lowest BCUT2D eigenvalue weighted by atomic mass is 10.2. The topological polar surface area (TPSA) is 54.0 Å². The van der Waals surface area contributed by atoms with Gasteiger partial charge < -0.3 is 10.6 Å². The van der Waals surface area contributed by atoms with Gasteiger partial charge in [-0.25, -0.2) is 0 Å². The standard InChI is InChI=1S/C16H19N3O/c1-13-5-4-7-15(11-13)19-16(20)12-17-10-8-14-6-2-3-9-18-14/h2-7,9,11,17H,8,10,12H2,1H3,(H,19,20). The second-order valence-corrected chi connectivity index (χ2v) is 4.67. The predicted molar refractivity (Wildman–Crippen MR) is 80.6 cm³/mol. The lowest BCUT2D eigenvalue weighted by Crippen LogP contribution is -2.29. The Bertz CT molecular complexity index is 555. The van der Waals surface area contributed by atoms with Crippen LogP contribution in [0.5, 0.6) is 0 Å². The number of nitrogens with zero attached hydrogens (tertiary/aromatic N) is 1. The van der Waals surface area contributed by atoms with Gasteiger partial charge in [-0.05, 0) is 36.8 Å². The van der Waals surface area contributed by atoms with Gasteiger partial charge in [-0.15, -0.1) is 0 Å². The molecule has 1 amide bonds. The maximum Gasteiger partial charge on any atom is 0.238 e. The van der Waals surface area contributed by atoms with Gasteiger partial charge in [0, 0.05) is 30.5 Å². The summed E-state index contributed by atoms with van der Waals surface area (Å²) in [6.07, 6.45) is 2.60. The Morgan fingerprint density at radius 1 is 1.20 bits per heavy atom. The third-order valence-electron chi connectivity index (χ3n) is 2.87. The smallest absolute Gasteiger partial charge is 0.238 e. The van der Waals surface area contributed by atoms with E-state index < -0.39 is 0 Å². The van der Waals surface area contributed by atoms with Gasteiger partial charge in [-0.2, -0.15) is 0 Å². The van der Waals surface area contributed by atoms with Gasteiger partial charge in [-0.1, -0.05) is 18.2 Å². The highest BCUT2D eigenvalue weighted by molar-refractivity contribution is 5.92. The number of hydrogen-bond donors (Lipinski definition) is 2. The Labute approximate surface area is 119 Å². The summed E-state index contributed by atoms with van der Waals surface area (Å²) in [7, 11) is 0. The van der Waals surface area contributed by atoms with E-state index in [-0.39, 0.29) is 5.91 Å². The van der Waals surface area contributed by atoms with Gasteiger partial charge >= 0.3 is 0 Å². The number of rotatable bonds is 6. The van der Waals surface area contributed by atoms with E-state index in [4.69, 9.17) is 0 Å². The molecule has 2 aromatic rings. The average Bonchev–Trinajstić information content (AvgIpc) is 2.45. The first-order valence-corrected chi connectivity index (χ1v) is 6.71. The molecule has 2 rings (SSSR count). The Morgan fingerprint density at radius 2 is 2.10 bits per heavy atom. The number of amides is 1. The molecular formula is C16H19N3O. The van der Waals surface area contributed by atoms with Crippen molar-refractivity contribution in [2.24, 2.45) is 0 Å². The Hall–Kier alpha value is -2.20. The molecule has 0 spiro atoms. The summed E-state index contributed by atoms with van der Waals surface area (Å²) in [4.78, 5) is 16.0. The molecule has 0 saturated heterocycles. The van der Waals surface area contributed by atoms with Crippen molar-refractivity contribution < 1.29 is 4.79 Å². The SMILES string of the molecule is Cc1cccc(NC(=O)CNCCc2ccccn2)c1. The van der Waals surface area contributed by atoms with Crippen LogP contribution in [-0.2, 0) is 11.2 Å². The van der Waals surface area contributed by atoms with Crippen LogP contribution in [0.2, 0.25) is 0 Å². The summed E-state index contributed by atoms with van der Waals surface area (Å²) in [5.41, 5.74) is 2.99. The summed E-state index contributed by atoms with van der Waals surface area (Å²) in [5, 5.41) is 5.98. The average molecular weight is 269 g/mol. The van der Waals surface area contributed by atoms with Crippen LogP contribution < -0.4 is 10.6 Å². The summed E-state index contributed by atoms with van der Waals surface area (Å²) in [5.74, 6) is -0.0309. The molecule has 0 bridgehead atoms. The zero-order valence-electron chi connectivity index (χ0n) is 11.6. The van der Waals surface area contributed by atoms with Gasteiger partial charge in [0.15, 0.2) is 0 Å². The highest BCUT2D eigenvalue weighted by atomic mass is 16.1. The van der Waals surface area contributed by atoms with Gasteiger partial charge in [0.05, 0.1) is 6.54 Å². The van der Waals surface area contributed by atoms with Gasteiger partial charge in [-0.3, -0.25) is 9.78 Å². The van der Waals surface area contributed by atoms with Crippen molar-refractivity contribution in [3.8, 4) is 0 Å². The van der Waals surface area contributed by atoms with Crippen LogP contribution in [0.15, 0.2) is 48.7 Å². The van der Waals surface area contributed by atoms with Crippen LogP contribution in [0, 0.1) is 6.92 Å². The molecule has 0 aliphatic rings. The minimum atomic E-state index is -0.0309. The van der Waals surface area contributed by atoms with E-state index in [0.29, 0.717) is 6.54 Å². The second kappa shape index (κ2) is 7.40. The number of pyridine rings is 1. The summed E-state index contributed by atoms with van der Waals surface area (Å²) in [6.45, 7) is 3.04. The van der Waals surface area contributed by atoms with Crippen molar-refractivity contribution >= 4 is 11.6 Å². The van der Waals surface area contributed by atoms with Gasteiger partial charge in [0.1, 0.15) is 0 Å². The highest BCUT2D eigenvalue weighted by Crippen LogP contribution is 2.08. The molecule has 0 aliphatic heterocycles. The number of aromatic nitrogens is 1. The van der Waals surface area contributed by atoms with E-state index in [1.807, 2.05) is 49.4 Å². The van der Waals surface area contributed by atoms with Crippen molar-refractivity contribution in [1.82, 2.24) is 10.3 Å². The lowest BCUT2D eigenvalue weighted by molar-refractivity contribution is -0.115. The fourth-order valence-electron chi connectivity index (χ4n) is 1.89. The minimum Gasteiger partial charge on any atom is -0.325 e. The molecule has 0 unspecified atom stereocenters. The maximum atomic E-state index is 11.7. The fraction of sp³-hybridized carbons (Fsp3) is 0.250. The number of benzene rings is 1. The second-order valence-electron chi connectivity index (χ2n) is 4.67. The normalized spacial score (nSPS) is 10.2. The van der Waals surface area contributed by atoms with E-state index in [2.05, 4.69) is 15.6 Å². The quantitative estimate of drug-likeness (QED) is 0.790. The van der Waals surface area contributed by atoms with Crippen molar-refractivity contribution in [2.45, 2.75) is 13.3 Å². The Kier molecular flexibility index (Phi) is 5.26. The minimum absolute atomic E-state index is 0.0309. The van der Waals surface area contributed by atoms with Crippen LogP contribution in [0.25, 0.3) is 0 Å². The predicted octanol–water partition coefficient (Wildman–Crippen LogP) is 2.16. The number of anilines is 1. The van der Waals surface area contributed by atoms with E-state index in [1.165, 1.54) is 0 Å². The zero-order valence-corrected chi connectivity index (χ0v) is 11.6. The number of aryl methyl sites for hydroxylation is 1. The molecular weight excluding hydrogens is 250 g/mol. The van der Waals surface area contributed by atoms with Gasteiger partial charge in [0.25, 0.3) is 0 Å². The van der Waals surface area contributed by atoms with Crippen LogP contribution in [0.3, 0.4) is 0 Å². The molecule has 1 heterocycles. The third kappa shape index (κ3) is 4.82. The molecule has 1 aromatic heterocycles. The van der Waals surface area contributed by atoms with Crippen molar-refractivity contribution in [3.05, 3.63) is 59.9 Å². The van der Waals surface area contributed by atoms with E-state index in [9.17, 15) is 4.79 Å². The van der Waals surface area contributed by atoms with Gasteiger partial charge in [0.2, 0.25) is 5.91 Å². The summed E-state index contributed by atoms with van der Waals surface area (Å²) in [6, 6.07) is 13.6. The van der Waals surface area contributed by atoms with E-state index in [1.54, 1.807) is 6.20 Å². The monoisotopic (exact) mass is 269 g/mol. The zero-order chi connectivity index (χ0) is 14.2. The highest BCUT2D eigenvalue weighted by Gasteiger charge is 2.02. The first kappa shape index (κ1) is 14.2. The van der Waals surface area contributed by atoms with Crippen LogP contribution in [-0.4, -0.2) is 24.0 Å². The van der Waals surface area contributed by atoms with E-state index in [0.717, 1.165) is 29.9 Å². The molecule has 0 saturated carbocycles. The molecule has 104 valence electrons. The third-order valence-corrected chi connectivity index (χ3v) is 2.87. The molecule has 0 aliphatic carbocycles.